The average Bonchev–Trinajstić information content (AvgIpc) is 2.87. The maximum Gasteiger partial charge on any atom is 0.221 e. The number of thioether (sulfide) groups is 1. The van der Waals surface area contributed by atoms with Crippen LogP contribution < -0.4 is 14.8 Å². The molecule has 1 amide bonds. The Bertz CT molecular complexity index is 770. The van der Waals surface area contributed by atoms with E-state index in [2.05, 4.69) is 5.32 Å². The second-order valence-corrected chi connectivity index (χ2v) is 7.36. The molecule has 0 spiro atoms. The second-order valence-electron chi connectivity index (χ2n) is 5.78. The van der Waals surface area contributed by atoms with Gasteiger partial charge in [0.2, 0.25) is 5.91 Å². The van der Waals surface area contributed by atoms with Crippen LogP contribution in [0.25, 0.3) is 0 Å². The number of carbonyl (C=O) groups is 1. The summed E-state index contributed by atoms with van der Waals surface area (Å²) in [7, 11) is 0. The van der Waals surface area contributed by atoms with Crippen molar-refractivity contribution in [1.82, 2.24) is 5.32 Å². The minimum absolute atomic E-state index is 0.0529. The van der Waals surface area contributed by atoms with Crippen LogP contribution in [0.4, 0.5) is 4.39 Å². The molecule has 1 heterocycles. The molecule has 26 heavy (non-hydrogen) atoms. The third kappa shape index (κ3) is 5.29. The van der Waals surface area contributed by atoms with Crippen molar-refractivity contribution in [3.05, 3.63) is 52.8 Å². The number of amides is 1. The lowest BCUT2D eigenvalue weighted by Gasteiger charge is -2.12. The summed E-state index contributed by atoms with van der Waals surface area (Å²) < 4.78 is 24.1. The van der Waals surface area contributed by atoms with E-state index in [1.54, 1.807) is 18.2 Å². The number of hydrogen-bond donors (Lipinski definition) is 1. The molecule has 0 aliphatic carbocycles. The Hall–Kier alpha value is -1.92. The lowest BCUT2D eigenvalue weighted by Crippen LogP contribution is -2.23. The van der Waals surface area contributed by atoms with Gasteiger partial charge in [-0.3, -0.25) is 4.79 Å². The number of carbonyl (C=O) groups excluding carboxylic acids is 1. The van der Waals surface area contributed by atoms with Crippen LogP contribution in [0.2, 0.25) is 5.02 Å². The van der Waals surface area contributed by atoms with Gasteiger partial charge in [-0.25, -0.2) is 4.39 Å². The molecule has 0 saturated carbocycles. The average molecular weight is 396 g/mol. The number of fused-ring (bicyclic) bond motifs is 1. The van der Waals surface area contributed by atoms with Crippen molar-refractivity contribution in [3.63, 3.8) is 0 Å². The molecular weight excluding hydrogens is 377 g/mol. The highest BCUT2D eigenvalue weighted by molar-refractivity contribution is 7.99. The molecule has 7 heteroatoms. The van der Waals surface area contributed by atoms with E-state index in [4.69, 9.17) is 21.1 Å². The molecule has 138 valence electrons. The molecule has 0 bridgehead atoms. The van der Waals surface area contributed by atoms with Crippen LogP contribution in [-0.4, -0.2) is 24.9 Å². The first-order chi connectivity index (χ1) is 12.6. The van der Waals surface area contributed by atoms with Crippen LogP contribution in [0.3, 0.4) is 0 Å². The summed E-state index contributed by atoms with van der Waals surface area (Å²) in [5, 5.41) is 3.36. The lowest BCUT2D eigenvalue weighted by molar-refractivity contribution is -0.120. The first-order valence-electron chi connectivity index (χ1n) is 8.35. The Morgan fingerprint density at radius 3 is 2.77 bits per heavy atom. The molecule has 4 nitrogen and oxygen atoms in total. The van der Waals surface area contributed by atoms with E-state index in [1.807, 2.05) is 6.07 Å². The fourth-order valence-corrected chi connectivity index (χ4v) is 3.61. The van der Waals surface area contributed by atoms with Crippen molar-refractivity contribution in [2.45, 2.75) is 24.3 Å². The zero-order valence-electron chi connectivity index (χ0n) is 14.1. The molecule has 0 unspecified atom stereocenters. The predicted molar refractivity (Wildman–Crippen MR) is 101 cm³/mol. The molecule has 2 aromatic carbocycles. The number of nitrogens with one attached hydrogen (secondary N) is 1. The maximum atomic E-state index is 12.9. The Labute approximate surface area is 161 Å². The molecule has 0 saturated heterocycles. The highest BCUT2D eigenvalue weighted by Gasteiger charge is 2.15. The summed E-state index contributed by atoms with van der Waals surface area (Å²) in [6, 6.07) is 9.87. The van der Waals surface area contributed by atoms with Crippen molar-refractivity contribution < 1.29 is 18.7 Å². The lowest BCUT2D eigenvalue weighted by atomic mass is 10.2. The summed E-state index contributed by atoms with van der Waals surface area (Å²) >= 11 is 7.77. The molecule has 0 radical (unpaired) electrons. The first kappa shape index (κ1) is 18.9. The highest BCUT2D eigenvalue weighted by Crippen LogP contribution is 2.37. The number of hydrogen-bond acceptors (Lipinski definition) is 4. The van der Waals surface area contributed by atoms with E-state index >= 15 is 0 Å². The minimum Gasteiger partial charge on any atom is -0.489 e. The Morgan fingerprint density at radius 1 is 1.19 bits per heavy atom. The van der Waals surface area contributed by atoms with Crippen LogP contribution in [0.5, 0.6) is 11.5 Å². The molecule has 1 N–H and O–H groups in total. The fourth-order valence-electron chi connectivity index (χ4n) is 2.47. The molecule has 1 aliphatic rings. The van der Waals surface area contributed by atoms with Gasteiger partial charge in [0.15, 0.2) is 11.5 Å². The summed E-state index contributed by atoms with van der Waals surface area (Å²) in [4.78, 5) is 13.0. The number of ether oxygens (including phenoxy) is 2. The number of halogens is 2. The monoisotopic (exact) mass is 395 g/mol. The zero-order chi connectivity index (χ0) is 18.4. The van der Waals surface area contributed by atoms with Gasteiger partial charge in [-0.15, -0.1) is 11.8 Å². The summed E-state index contributed by atoms with van der Waals surface area (Å²) in [6.07, 6.45) is 1.18. The SMILES string of the molecule is O=C(CCSc1ccc(F)cc1)NCc1cc(Cl)c2c(c1)OCCCO2. The van der Waals surface area contributed by atoms with Gasteiger partial charge in [-0.05, 0) is 42.0 Å². The normalized spacial score (nSPS) is 13.2. The Morgan fingerprint density at radius 2 is 1.96 bits per heavy atom. The smallest absolute Gasteiger partial charge is 0.221 e. The van der Waals surface area contributed by atoms with E-state index in [1.165, 1.54) is 23.9 Å². The maximum absolute atomic E-state index is 12.9. The third-order valence-corrected chi connectivity index (χ3v) is 5.06. The molecular formula is C19H19ClFNO3S. The van der Waals surface area contributed by atoms with Crippen molar-refractivity contribution in [3.8, 4) is 11.5 Å². The summed E-state index contributed by atoms with van der Waals surface area (Å²) in [5.41, 5.74) is 0.860. The van der Waals surface area contributed by atoms with E-state index in [-0.39, 0.29) is 11.7 Å². The molecule has 3 rings (SSSR count). The van der Waals surface area contributed by atoms with Crippen LogP contribution in [-0.2, 0) is 11.3 Å². The highest BCUT2D eigenvalue weighted by atomic mass is 35.5. The molecule has 2 aromatic rings. The van der Waals surface area contributed by atoms with Gasteiger partial charge in [-0.1, -0.05) is 11.6 Å². The van der Waals surface area contributed by atoms with Crippen molar-refractivity contribution in [2.24, 2.45) is 0 Å². The van der Waals surface area contributed by atoms with E-state index < -0.39 is 0 Å². The van der Waals surface area contributed by atoms with Crippen molar-refractivity contribution in [1.29, 1.82) is 0 Å². The van der Waals surface area contributed by atoms with Gasteiger partial charge in [-0.2, -0.15) is 0 Å². The molecule has 0 atom stereocenters. The summed E-state index contributed by atoms with van der Waals surface area (Å²) in [5.74, 6) is 1.49. The zero-order valence-corrected chi connectivity index (χ0v) is 15.7. The third-order valence-electron chi connectivity index (χ3n) is 3.76. The standard InChI is InChI=1S/C19H19ClFNO3S/c20-16-10-13(11-17-19(16)25-8-1-7-24-17)12-22-18(23)6-9-26-15-4-2-14(21)3-5-15/h2-5,10-11H,1,6-9,12H2,(H,22,23). The largest absolute Gasteiger partial charge is 0.489 e. The van der Waals surface area contributed by atoms with E-state index in [9.17, 15) is 9.18 Å². The Balaban J connectivity index is 1.47. The van der Waals surface area contributed by atoms with Crippen LogP contribution in [0, 0.1) is 5.82 Å². The van der Waals surface area contributed by atoms with Crippen LogP contribution in [0.1, 0.15) is 18.4 Å². The quantitative estimate of drug-likeness (QED) is 0.734. The molecule has 0 fully saturated rings. The summed E-state index contributed by atoms with van der Waals surface area (Å²) in [6.45, 7) is 1.53. The van der Waals surface area contributed by atoms with Gasteiger partial charge >= 0.3 is 0 Å². The van der Waals surface area contributed by atoms with Gasteiger partial charge in [0.05, 0.1) is 18.2 Å². The predicted octanol–water partition coefficient (Wildman–Crippen LogP) is 4.44. The topological polar surface area (TPSA) is 47.6 Å². The van der Waals surface area contributed by atoms with Crippen molar-refractivity contribution >= 4 is 29.3 Å². The van der Waals surface area contributed by atoms with Gasteiger partial charge in [0.25, 0.3) is 0 Å². The Kier molecular flexibility index (Phi) is 6.63. The van der Waals surface area contributed by atoms with Crippen LogP contribution in [0.15, 0.2) is 41.3 Å². The molecule has 1 aliphatic heterocycles. The van der Waals surface area contributed by atoms with Gasteiger partial charge in [0, 0.05) is 30.0 Å². The first-order valence-corrected chi connectivity index (χ1v) is 9.71. The molecule has 0 aromatic heterocycles. The van der Waals surface area contributed by atoms with Crippen molar-refractivity contribution in [2.75, 3.05) is 19.0 Å². The van der Waals surface area contributed by atoms with Gasteiger partial charge < -0.3 is 14.8 Å². The number of rotatable bonds is 6. The van der Waals surface area contributed by atoms with Gasteiger partial charge in [0.1, 0.15) is 5.82 Å². The van der Waals surface area contributed by atoms with E-state index in [0.29, 0.717) is 48.5 Å². The van der Waals surface area contributed by atoms with E-state index in [0.717, 1.165) is 16.9 Å². The minimum atomic E-state index is -0.263. The number of benzene rings is 2. The van der Waals surface area contributed by atoms with Crippen LogP contribution >= 0.6 is 23.4 Å². The second kappa shape index (κ2) is 9.14. The fraction of sp³-hybridized carbons (Fsp3) is 0.316.